The lowest BCUT2D eigenvalue weighted by Crippen LogP contribution is -2.16. The Balaban J connectivity index is 0.00000176. The molecule has 0 atom stereocenters. The first-order valence-corrected chi connectivity index (χ1v) is 7.89. The summed E-state index contributed by atoms with van der Waals surface area (Å²) in [7, 11) is 0. The molecule has 1 fully saturated rings. The second kappa shape index (κ2) is 7.95. The summed E-state index contributed by atoms with van der Waals surface area (Å²) in [5, 5.41) is 3.48. The van der Waals surface area contributed by atoms with Crippen molar-refractivity contribution in [1.82, 2.24) is 5.32 Å². The van der Waals surface area contributed by atoms with Crippen LogP contribution in [0, 0.1) is 5.82 Å². The molecular formula is C17H18BrClFNO. The van der Waals surface area contributed by atoms with Gasteiger partial charge in [0.1, 0.15) is 18.2 Å². The number of benzene rings is 2. The molecule has 5 heteroatoms. The summed E-state index contributed by atoms with van der Waals surface area (Å²) in [6, 6.07) is 13.3. The van der Waals surface area contributed by atoms with Crippen LogP contribution in [-0.2, 0) is 13.2 Å². The van der Waals surface area contributed by atoms with E-state index in [2.05, 4.69) is 21.2 Å². The number of hydrogen-bond donors (Lipinski definition) is 1. The Morgan fingerprint density at radius 1 is 1.14 bits per heavy atom. The number of ether oxygens (including phenoxy) is 1. The zero-order valence-corrected chi connectivity index (χ0v) is 14.4. The Hall–Kier alpha value is -1.10. The van der Waals surface area contributed by atoms with E-state index in [1.54, 1.807) is 12.1 Å². The van der Waals surface area contributed by atoms with E-state index in [-0.39, 0.29) is 24.8 Å². The molecule has 1 N–H and O–H groups in total. The highest BCUT2D eigenvalue weighted by atomic mass is 79.9. The quantitative estimate of drug-likeness (QED) is 0.767. The minimum atomic E-state index is -0.229. The van der Waals surface area contributed by atoms with Crippen LogP contribution in [0.5, 0.6) is 5.75 Å². The van der Waals surface area contributed by atoms with Crippen LogP contribution in [0.25, 0.3) is 0 Å². The summed E-state index contributed by atoms with van der Waals surface area (Å²) in [5.41, 5.74) is 1.66. The first kappa shape index (κ1) is 17.3. The first-order chi connectivity index (χ1) is 10.2. The molecule has 2 aromatic carbocycles. The van der Waals surface area contributed by atoms with E-state index in [9.17, 15) is 4.39 Å². The molecule has 0 saturated heterocycles. The Morgan fingerprint density at radius 3 is 2.64 bits per heavy atom. The summed E-state index contributed by atoms with van der Waals surface area (Å²) in [6.07, 6.45) is 2.50. The first-order valence-electron chi connectivity index (χ1n) is 7.10. The highest BCUT2D eigenvalue weighted by molar-refractivity contribution is 9.10. The van der Waals surface area contributed by atoms with Crippen LogP contribution in [0.4, 0.5) is 4.39 Å². The van der Waals surface area contributed by atoms with Crippen LogP contribution in [0.2, 0.25) is 0 Å². The molecule has 0 unspecified atom stereocenters. The molecule has 0 radical (unpaired) electrons. The van der Waals surface area contributed by atoms with E-state index < -0.39 is 0 Å². The summed E-state index contributed by atoms with van der Waals surface area (Å²) >= 11 is 3.48. The summed E-state index contributed by atoms with van der Waals surface area (Å²) in [5.74, 6) is 0.571. The van der Waals surface area contributed by atoms with Crippen molar-refractivity contribution in [1.29, 1.82) is 0 Å². The lowest BCUT2D eigenvalue weighted by Gasteiger charge is -2.13. The van der Waals surface area contributed by atoms with Gasteiger partial charge in [-0.3, -0.25) is 0 Å². The molecule has 0 amide bonds. The number of hydrogen-bond acceptors (Lipinski definition) is 2. The molecule has 1 saturated carbocycles. The van der Waals surface area contributed by atoms with Crippen LogP contribution in [0.3, 0.4) is 0 Å². The van der Waals surface area contributed by atoms with Crippen molar-refractivity contribution in [3.8, 4) is 5.75 Å². The van der Waals surface area contributed by atoms with Gasteiger partial charge in [-0.15, -0.1) is 12.4 Å². The highest BCUT2D eigenvalue weighted by Crippen LogP contribution is 2.26. The average molecular weight is 387 g/mol. The van der Waals surface area contributed by atoms with Gasteiger partial charge in [-0.05, 0) is 37.1 Å². The minimum absolute atomic E-state index is 0. The number of halogens is 3. The molecule has 118 valence electrons. The van der Waals surface area contributed by atoms with E-state index in [1.807, 2.05) is 24.3 Å². The molecular weight excluding hydrogens is 369 g/mol. The van der Waals surface area contributed by atoms with E-state index in [4.69, 9.17) is 4.74 Å². The second-order valence-corrected chi connectivity index (χ2v) is 6.20. The topological polar surface area (TPSA) is 21.3 Å². The predicted octanol–water partition coefficient (Wildman–Crippen LogP) is 4.84. The van der Waals surface area contributed by atoms with Gasteiger partial charge in [-0.2, -0.15) is 0 Å². The largest absolute Gasteiger partial charge is 0.488 e. The van der Waals surface area contributed by atoms with Gasteiger partial charge >= 0.3 is 0 Å². The van der Waals surface area contributed by atoms with Crippen molar-refractivity contribution in [2.75, 3.05) is 0 Å². The number of rotatable bonds is 6. The van der Waals surface area contributed by atoms with Crippen LogP contribution >= 0.6 is 28.3 Å². The van der Waals surface area contributed by atoms with E-state index in [0.717, 1.165) is 22.3 Å². The maximum absolute atomic E-state index is 13.6. The molecule has 3 rings (SSSR count). The standard InChI is InChI=1S/C17H17BrFNO.ClH/c18-14-5-8-17(13(9-14)10-20-15-6-7-15)21-11-12-3-1-2-4-16(12)19;/h1-5,8-9,15,20H,6-7,10-11H2;1H. The summed E-state index contributed by atoms with van der Waals surface area (Å²) in [6.45, 7) is 1.02. The molecule has 22 heavy (non-hydrogen) atoms. The van der Waals surface area contributed by atoms with Gasteiger partial charge in [0.05, 0.1) is 0 Å². The fraction of sp³-hybridized carbons (Fsp3) is 0.294. The Labute approximate surface area is 144 Å². The lowest BCUT2D eigenvalue weighted by atomic mass is 10.2. The Bertz CT molecular complexity index is 634. The molecule has 0 bridgehead atoms. The minimum Gasteiger partial charge on any atom is -0.488 e. The van der Waals surface area contributed by atoms with Crippen molar-refractivity contribution in [2.45, 2.75) is 32.0 Å². The van der Waals surface area contributed by atoms with Gasteiger partial charge in [0, 0.05) is 28.2 Å². The summed E-state index contributed by atoms with van der Waals surface area (Å²) < 4.78 is 20.5. The zero-order valence-electron chi connectivity index (χ0n) is 12.0. The molecule has 0 spiro atoms. The SMILES string of the molecule is Cl.Fc1ccccc1COc1ccc(Br)cc1CNC1CC1. The molecule has 2 nitrogen and oxygen atoms in total. The third-order valence-corrected chi connectivity index (χ3v) is 4.02. The van der Waals surface area contributed by atoms with Gasteiger partial charge in [0.2, 0.25) is 0 Å². The van der Waals surface area contributed by atoms with Gasteiger partial charge in [0.15, 0.2) is 0 Å². The second-order valence-electron chi connectivity index (χ2n) is 5.29. The van der Waals surface area contributed by atoms with Gasteiger partial charge in [0.25, 0.3) is 0 Å². The molecule has 2 aromatic rings. The normalized spacial score (nSPS) is 13.5. The lowest BCUT2D eigenvalue weighted by molar-refractivity contribution is 0.296. The molecule has 0 aromatic heterocycles. The monoisotopic (exact) mass is 385 g/mol. The molecule has 1 aliphatic rings. The van der Waals surface area contributed by atoms with Crippen LogP contribution in [0.1, 0.15) is 24.0 Å². The van der Waals surface area contributed by atoms with E-state index in [1.165, 1.54) is 18.9 Å². The maximum Gasteiger partial charge on any atom is 0.129 e. The maximum atomic E-state index is 13.6. The van der Waals surface area contributed by atoms with Gasteiger partial charge in [-0.1, -0.05) is 34.1 Å². The van der Waals surface area contributed by atoms with Crippen molar-refractivity contribution in [3.05, 3.63) is 63.9 Å². The van der Waals surface area contributed by atoms with E-state index in [0.29, 0.717) is 11.6 Å². The fourth-order valence-corrected chi connectivity index (χ4v) is 2.55. The third-order valence-electron chi connectivity index (χ3n) is 3.52. The van der Waals surface area contributed by atoms with Crippen molar-refractivity contribution in [2.24, 2.45) is 0 Å². The van der Waals surface area contributed by atoms with Crippen molar-refractivity contribution < 1.29 is 9.13 Å². The van der Waals surface area contributed by atoms with Gasteiger partial charge in [-0.25, -0.2) is 4.39 Å². The van der Waals surface area contributed by atoms with Crippen LogP contribution < -0.4 is 10.1 Å². The third kappa shape index (κ3) is 4.70. The van der Waals surface area contributed by atoms with Gasteiger partial charge < -0.3 is 10.1 Å². The zero-order chi connectivity index (χ0) is 14.7. The van der Waals surface area contributed by atoms with Crippen molar-refractivity contribution >= 4 is 28.3 Å². The van der Waals surface area contributed by atoms with Crippen molar-refractivity contribution in [3.63, 3.8) is 0 Å². The Morgan fingerprint density at radius 2 is 1.91 bits per heavy atom. The predicted molar refractivity (Wildman–Crippen MR) is 92.0 cm³/mol. The average Bonchev–Trinajstić information content (AvgIpc) is 3.30. The Kier molecular flexibility index (Phi) is 6.24. The molecule has 0 heterocycles. The van der Waals surface area contributed by atoms with E-state index >= 15 is 0 Å². The smallest absolute Gasteiger partial charge is 0.129 e. The molecule has 1 aliphatic carbocycles. The fourth-order valence-electron chi connectivity index (χ4n) is 2.14. The van der Waals surface area contributed by atoms with Crippen LogP contribution in [0.15, 0.2) is 46.9 Å². The highest BCUT2D eigenvalue weighted by Gasteiger charge is 2.20. The van der Waals surface area contributed by atoms with Crippen LogP contribution in [-0.4, -0.2) is 6.04 Å². The molecule has 0 aliphatic heterocycles. The number of nitrogens with one attached hydrogen (secondary N) is 1. The summed E-state index contributed by atoms with van der Waals surface area (Å²) in [4.78, 5) is 0.